The number of hydrogen-bond donors (Lipinski definition) is 2. The average molecular weight is 765 g/mol. The molecule has 4 aromatic rings. The molecule has 4 aromatic carbocycles. The minimum Gasteiger partial charge on any atom is -0.493 e. The van der Waals surface area contributed by atoms with Gasteiger partial charge in [-0.3, -0.25) is 9.59 Å². The van der Waals surface area contributed by atoms with Gasteiger partial charge in [0.05, 0.1) is 42.7 Å². The van der Waals surface area contributed by atoms with Crippen molar-refractivity contribution in [3.8, 4) is 34.5 Å². The first-order valence-electron chi connectivity index (χ1n) is 18.3. The molecule has 0 saturated heterocycles. The first-order valence-corrected chi connectivity index (χ1v) is 18.3. The van der Waals surface area contributed by atoms with Crippen LogP contribution in [-0.4, -0.2) is 67.6 Å². The Labute approximate surface area is 332 Å². The van der Waals surface area contributed by atoms with Gasteiger partial charge in [-0.2, -0.15) is 0 Å². The molecule has 0 fully saturated rings. The SMILES string of the molecule is COc1cc(/C=C/C=C/C(=O)NCCCCCCNC(=O)/C=C/C=C/c2cc(OC)c(OC)c(OC)c2)cc(OC)c1OC.c1ccccc1.c1ccccc1. The zero-order chi connectivity index (χ0) is 40.6. The fourth-order valence-corrected chi connectivity index (χ4v) is 4.93. The van der Waals surface area contributed by atoms with Gasteiger partial charge in [-0.25, -0.2) is 0 Å². The number of methoxy groups -OCH3 is 6. The summed E-state index contributed by atoms with van der Waals surface area (Å²) in [6.07, 6.45) is 17.2. The molecule has 0 spiro atoms. The molecule has 0 radical (unpaired) electrons. The van der Waals surface area contributed by atoms with Crippen molar-refractivity contribution in [1.29, 1.82) is 0 Å². The summed E-state index contributed by atoms with van der Waals surface area (Å²) >= 11 is 0. The third kappa shape index (κ3) is 18.6. The average Bonchev–Trinajstić information content (AvgIpc) is 3.25. The number of unbranched alkanes of at least 4 members (excludes halogenated alkanes) is 3. The van der Waals surface area contributed by atoms with Crippen LogP contribution in [0.5, 0.6) is 34.5 Å². The molecule has 0 aliphatic rings. The van der Waals surface area contributed by atoms with E-state index in [1.54, 1.807) is 67.0 Å². The van der Waals surface area contributed by atoms with Crippen molar-refractivity contribution in [3.63, 3.8) is 0 Å². The van der Waals surface area contributed by atoms with Crippen LogP contribution in [0, 0.1) is 0 Å². The Kier molecular flexibility index (Phi) is 23.7. The maximum Gasteiger partial charge on any atom is 0.243 e. The third-order valence-corrected chi connectivity index (χ3v) is 7.70. The van der Waals surface area contributed by atoms with Crippen LogP contribution in [0.15, 0.2) is 134 Å². The lowest BCUT2D eigenvalue weighted by atomic mass is 10.1. The monoisotopic (exact) mass is 764 g/mol. The number of allylic oxidation sites excluding steroid dienone is 4. The van der Waals surface area contributed by atoms with E-state index >= 15 is 0 Å². The number of carbonyl (C=O) groups excluding carboxylic acids is 2. The van der Waals surface area contributed by atoms with Crippen LogP contribution in [0.25, 0.3) is 12.2 Å². The topological polar surface area (TPSA) is 114 Å². The van der Waals surface area contributed by atoms with Gasteiger partial charge in [0.15, 0.2) is 23.0 Å². The summed E-state index contributed by atoms with van der Waals surface area (Å²) in [4.78, 5) is 24.1. The molecule has 298 valence electrons. The molecule has 4 rings (SSSR count). The number of amides is 2. The predicted molar refractivity (Wildman–Crippen MR) is 226 cm³/mol. The maximum absolute atomic E-state index is 12.1. The van der Waals surface area contributed by atoms with E-state index in [0.717, 1.165) is 36.8 Å². The summed E-state index contributed by atoms with van der Waals surface area (Å²) in [5.41, 5.74) is 1.70. The summed E-state index contributed by atoms with van der Waals surface area (Å²) in [5, 5.41) is 5.76. The predicted octanol–water partition coefficient (Wildman–Crippen LogP) is 8.74. The highest BCUT2D eigenvalue weighted by molar-refractivity contribution is 5.88. The quantitative estimate of drug-likeness (QED) is 0.0554. The molecule has 0 aliphatic carbocycles. The van der Waals surface area contributed by atoms with Crippen LogP contribution in [0.4, 0.5) is 0 Å². The highest BCUT2D eigenvalue weighted by atomic mass is 16.5. The standard InChI is InChI=1S/C34H44N2O8.2C6H6/c1-39-27-21-25(22-28(40-2)33(27)43-5)15-9-11-17-31(37)35-19-13-7-8-14-20-36-32(38)18-12-10-16-26-23-29(41-3)34(44-6)30(24-26)42-4;2*1-2-4-6-5-3-1/h9-12,15-18,21-24H,7-8,13-14,19-20H2,1-6H3,(H,35,37)(H,36,38);2*1-6H/b15-9+,16-10+,17-11+,18-12+;;. The van der Waals surface area contributed by atoms with Gasteiger partial charge in [0.1, 0.15) is 0 Å². The Morgan fingerprint density at radius 2 is 0.714 bits per heavy atom. The van der Waals surface area contributed by atoms with E-state index in [1.807, 2.05) is 109 Å². The van der Waals surface area contributed by atoms with Crippen LogP contribution in [0.3, 0.4) is 0 Å². The molecule has 56 heavy (non-hydrogen) atoms. The molecule has 2 N–H and O–H groups in total. The molecule has 10 nitrogen and oxygen atoms in total. The molecule has 0 saturated carbocycles. The lowest BCUT2D eigenvalue weighted by Crippen LogP contribution is -2.23. The van der Waals surface area contributed by atoms with Crippen molar-refractivity contribution in [1.82, 2.24) is 10.6 Å². The van der Waals surface area contributed by atoms with Crippen LogP contribution < -0.4 is 39.1 Å². The van der Waals surface area contributed by atoms with Gasteiger partial charge in [-0.1, -0.05) is 122 Å². The number of carbonyl (C=O) groups is 2. The number of nitrogens with one attached hydrogen (secondary N) is 2. The Balaban J connectivity index is 0.000000758. The van der Waals surface area contributed by atoms with E-state index in [1.165, 1.54) is 12.2 Å². The van der Waals surface area contributed by atoms with Crippen LogP contribution in [-0.2, 0) is 9.59 Å². The molecule has 0 atom stereocenters. The molecule has 2 amide bonds. The molecule has 0 aromatic heterocycles. The Morgan fingerprint density at radius 3 is 0.964 bits per heavy atom. The molecule has 0 bridgehead atoms. The van der Waals surface area contributed by atoms with Gasteiger partial charge in [-0.15, -0.1) is 0 Å². The summed E-state index contributed by atoms with van der Waals surface area (Å²) in [6.45, 7) is 1.18. The summed E-state index contributed by atoms with van der Waals surface area (Å²) in [6, 6.07) is 31.3. The molecule has 10 heteroatoms. The third-order valence-electron chi connectivity index (χ3n) is 7.70. The first-order chi connectivity index (χ1) is 27.4. The summed E-state index contributed by atoms with van der Waals surface area (Å²) < 4.78 is 32.1. The Hall–Kier alpha value is -6.42. The second-order valence-corrected chi connectivity index (χ2v) is 11.7. The maximum atomic E-state index is 12.1. The van der Waals surface area contributed by atoms with Gasteiger partial charge >= 0.3 is 0 Å². The normalized spacial score (nSPS) is 10.6. The van der Waals surface area contributed by atoms with E-state index in [4.69, 9.17) is 28.4 Å². The van der Waals surface area contributed by atoms with Crippen molar-refractivity contribution in [2.45, 2.75) is 25.7 Å². The molecular formula is C46H56N2O8. The number of hydrogen-bond acceptors (Lipinski definition) is 8. The highest BCUT2D eigenvalue weighted by Gasteiger charge is 2.13. The summed E-state index contributed by atoms with van der Waals surface area (Å²) in [7, 11) is 9.36. The zero-order valence-electron chi connectivity index (χ0n) is 33.4. The minimum absolute atomic E-state index is 0.155. The van der Waals surface area contributed by atoms with Crippen LogP contribution in [0.2, 0.25) is 0 Å². The van der Waals surface area contributed by atoms with Gasteiger partial charge in [0, 0.05) is 25.2 Å². The van der Waals surface area contributed by atoms with Crippen molar-refractivity contribution < 1.29 is 38.0 Å². The van der Waals surface area contributed by atoms with Crippen LogP contribution >= 0.6 is 0 Å². The van der Waals surface area contributed by atoms with Gasteiger partial charge < -0.3 is 39.1 Å². The van der Waals surface area contributed by atoms with Crippen molar-refractivity contribution in [2.24, 2.45) is 0 Å². The first kappa shape index (κ1) is 45.7. The molecule has 0 unspecified atom stereocenters. The van der Waals surface area contributed by atoms with Crippen molar-refractivity contribution in [2.75, 3.05) is 55.7 Å². The highest BCUT2D eigenvalue weighted by Crippen LogP contribution is 2.39. The Bertz CT molecular complexity index is 1570. The van der Waals surface area contributed by atoms with Gasteiger partial charge in [-0.05, 0) is 48.2 Å². The lowest BCUT2D eigenvalue weighted by Gasteiger charge is -2.12. The molecular weight excluding hydrogens is 709 g/mol. The lowest BCUT2D eigenvalue weighted by molar-refractivity contribution is -0.117. The number of rotatable bonds is 19. The van der Waals surface area contributed by atoms with E-state index < -0.39 is 0 Å². The Morgan fingerprint density at radius 1 is 0.429 bits per heavy atom. The fraction of sp³-hybridized carbons (Fsp3) is 0.261. The fourth-order valence-electron chi connectivity index (χ4n) is 4.93. The van der Waals surface area contributed by atoms with E-state index in [0.29, 0.717) is 47.6 Å². The second kappa shape index (κ2) is 29.0. The van der Waals surface area contributed by atoms with Gasteiger partial charge in [0.2, 0.25) is 23.3 Å². The van der Waals surface area contributed by atoms with E-state index in [2.05, 4.69) is 10.6 Å². The van der Waals surface area contributed by atoms with E-state index in [-0.39, 0.29) is 11.8 Å². The van der Waals surface area contributed by atoms with Crippen molar-refractivity contribution >= 4 is 24.0 Å². The number of benzene rings is 4. The zero-order valence-corrected chi connectivity index (χ0v) is 33.4. The second-order valence-electron chi connectivity index (χ2n) is 11.7. The number of ether oxygens (including phenoxy) is 6. The van der Waals surface area contributed by atoms with Crippen molar-refractivity contribution in [3.05, 3.63) is 145 Å². The molecule has 0 heterocycles. The van der Waals surface area contributed by atoms with Crippen LogP contribution in [0.1, 0.15) is 36.8 Å². The van der Waals surface area contributed by atoms with E-state index in [9.17, 15) is 9.59 Å². The smallest absolute Gasteiger partial charge is 0.243 e. The summed E-state index contributed by atoms with van der Waals surface area (Å²) in [5.74, 6) is 2.99. The van der Waals surface area contributed by atoms with Gasteiger partial charge in [0.25, 0.3) is 0 Å². The molecule has 0 aliphatic heterocycles. The minimum atomic E-state index is -0.155. The largest absolute Gasteiger partial charge is 0.493 e.